The first-order valence-electron chi connectivity index (χ1n) is 11.6. The van der Waals surface area contributed by atoms with Crippen LogP contribution in [0.5, 0.6) is 5.75 Å². The van der Waals surface area contributed by atoms with E-state index in [1.165, 1.54) is 12.1 Å². The molecule has 0 N–H and O–H groups in total. The number of alkyl halides is 3. The van der Waals surface area contributed by atoms with Crippen molar-refractivity contribution < 1.29 is 27.4 Å². The van der Waals surface area contributed by atoms with Gasteiger partial charge >= 0.3 is 12.1 Å². The van der Waals surface area contributed by atoms with Crippen molar-refractivity contribution in [2.24, 2.45) is 0 Å². The van der Waals surface area contributed by atoms with Gasteiger partial charge in [-0.1, -0.05) is 30.3 Å². The first kappa shape index (κ1) is 24.9. The largest absolute Gasteiger partial charge is 0.497 e. The lowest BCUT2D eigenvalue weighted by molar-refractivity contribution is -0.145. The van der Waals surface area contributed by atoms with Gasteiger partial charge in [0.2, 0.25) is 0 Å². The van der Waals surface area contributed by atoms with Crippen LogP contribution in [-0.2, 0) is 15.7 Å². The summed E-state index contributed by atoms with van der Waals surface area (Å²) in [6.45, 7) is 5.32. The van der Waals surface area contributed by atoms with Crippen molar-refractivity contribution >= 4 is 22.4 Å². The second-order valence-electron chi connectivity index (χ2n) is 8.74. The zero-order valence-corrected chi connectivity index (χ0v) is 19.8. The molecule has 0 spiro atoms. The van der Waals surface area contributed by atoms with Crippen LogP contribution < -0.4 is 9.64 Å². The van der Waals surface area contributed by atoms with Gasteiger partial charge in [0, 0.05) is 38.4 Å². The summed E-state index contributed by atoms with van der Waals surface area (Å²) >= 11 is 0. The van der Waals surface area contributed by atoms with E-state index in [0.29, 0.717) is 38.4 Å². The minimum Gasteiger partial charge on any atom is -0.497 e. The van der Waals surface area contributed by atoms with Gasteiger partial charge in [-0.3, -0.25) is 9.69 Å². The van der Waals surface area contributed by atoms with Gasteiger partial charge in [-0.05, 0) is 53.6 Å². The molecular formula is C27H29F3N2O3. The number of hydrogen-bond donors (Lipinski definition) is 0. The maximum atomic E-state index is 13.0. The summed E-state index contributed by atoms with van der Waals surface area (Å²) in [5.41, 5.74) is 0.834. The molecule has 0 bridgehead atoms. The van der Waals surface area contributed by atoms with Gasteiger partial charge in [0.25, 0.3) is 0 Å². The lowest BCUT2D eigenvalue weighted by Crippen LogP contribution is -2.47. The minimum absolute atomic E-state index is 0.275. The van der Waals surface area contributed by atoms with Crippen LogP contribution in [-0.4, -0.2) is 57.3 Å². The van der Waals surface area contributed by atoms with E-state index in [9.17, 15) is 18.0 Å². The highest BCUT2D eigenvalue weighted by Gasteiger charge is 2.31. The Morgan fingerprint density at radius 3 is 2.40 bits per heavy atom. The van der Waals surface area contributed by atoms with Gasteiger partial charge in [-0.15, -0.1) is 0 Å². The number of carbonyl (C=O) groups is 1. The summed E-state index contributed by atoms with van der Waals surface area (Å²) in [6.07, 6.45) is -4.35. The first-order valence-corrected chi connectivity index (χ1v) is 11.6. The summed E-state index contributed by atoms with van der Waals surface area (Å²) in [5, 5.41) is 2.07. The highest BCUT2D eigenvalue weighted by Crippen LogP contribution is 2.32. The third-order valence-corrected chi connectivity index (χ3v) is 6.49. The van der Waals surface area contributed by atoms with E-state index in [1.54, 1.807) is 13.2 Å². The Kier molecular flexibility index (Phi) is 7.50. The maximum Gasteiger partial charge on any atom is 0.416 e. The topological polar surface area (TPSA) is 42.0 Å². The fourth-order valence-corrected chi connectivity index (χ4v) is 4.28. The molecule has 0 amide bonds. The molecule has 0 aromatic heterocycles. The molecule has 0 aliphatic carbocycles. The molecule has 186 valence electrons. The van der Waals surface area contributed by atoms with Gasteiger partial charge in [-0.25, -0.2) is 0 Å². The van der Waals surface area contributed by atoms with Crippen molar-refractivity contribution in [3.63, 3.8) is 0 Å². The number of ether oxygens (including phenoxy) is 2. The van der Waals surface area contributed by atoms with Crippen molar-refractivity contribution in [3.05, 3.63) is 71.8 Å². The highest BCUT2D eigenvalue weighted by atomic mass is 19.4. The summed E-state index contributed by atoms with van der Waals surface area (Å²) in [5.74, 6) is 0.119. The Morgan fingerprint density at radius 2 is 1.69 bits per heavy atom. The summed E-state index contributed by atoms with van der Waals surface area (Å²) in [4.78, 5) is 16.7. The minimum atomic E-state index is -4.35. The van der Waals surface area contributed by atoms with Crippen molar-refractivity contribution in [2.75, 3.05) is 51.3 Å². The molecule has 8 heteroatoms. The Hall–Kier alpha value is -3.26. The number of halogens is 3. The number of hydrogen-bond acceptors (Lipinski definition) is 5. The number of benzene rings is 3. The molecule has 1 heterocycles. The van der Waals surface area contributed by atoms with Crippen LogP contribution >= 0.6 is 0 Å². The van der Waals surface area contributed by atoms with E-state index in [2.05, 4.69) is 4.90 Å². The first-order chi connectivity index (χ1) is 16.7. The molecule has 0 saturated carbocycles. The van der Waals surface area contributed by atoms with Crippen LogP contribution in [0.4, 0.5) is 18.9 Å². The number of carbonyl (C=O) groups excluding carboxylic acids is 1. The number of rotatable bonds is 7. The van der Waals surface area contributed by atoms with Gasteiger partial charge in [0.1, 0.15) is 12.4 Å². The van der Waals surface area contributed by atoms with E-state index in [0.717, 1.165) is 28.2 Å². The SMILES string of the molecule is COc1ccc2cc([C@H](C)C(=O)OCCN3CCN(c4cccc(C(F)(F)F)c4)CC3)ccc2c1. The van der Waals surface area contributed by atoms with Gasteiger partial charge in [-0.2, -0.15) is 13.2 Å². The lowest BCUT2D eigenvalue weighted by atomic mass is 9.98. The van der Waals surface area contributed by atoms with Crippen molar-refractivity contribution in [3.8, 4) is 5.75 Å². The molecule has 1 atom stereocenters. The maximum absolute atomic E-state index is 13.0. The van der Waals surface area contributed by atoms with Crippen molar-refractivity contribution in [1.29, 1.82) is 0 Å². The van der Waals surface area contributed by atoms with Crippen LogP contribution in [0.3, 0.4) is 0 Å². The zero-order chi connectivity index (χ0) is 25.0. The zero-order valence-electron chi connectivity index (χ0n) is 19.8. The van der Waals surface area contributed by atoms with Crippen LogP contribution in [0, 0.1) is 0 Å². The van der Waals surface area contributed by atoms with Crippen LogP contribution in [0.25, 0.3) is 10.8 Å². The second-order valence-corrected chi connectivity index (χ2v) is 8.74. The molecule has 1 fully saturated rings. The van der Waals surface area contributed by atoms with Gasteiger partial charge in [0.15, 0.2) is 0 Å². The number of anilines is 1. The Labute approximate surface area is 203 Å². The van der Waals surface area contributed by atoms with Crippen LogP contribution in [0.15, 0.2) is 60.7 Å². The summed E-state index contributed by atoms with van der Waals surface area (Å²) < 4.78 is 49.8. The van der Waals surface area contributed by atoms with E-state index in [4.69, 9.17) is 9.47 Å². The molecule has 5 nitrogen and oxygen atoms in total. The van der Waals surface area contributed by atoms with Crippen LogP contribution in [0.2, 0.25) is 0 Å². The van der Waals surface area contributed by atoms with E-state index < -0.39 is 11.7 Å². The molecule has 1 aliphatic rings. The molecule has 1 saturated heterocycles. The van der Waals surface area contributed by atoms with Crippen LogP contribution in [0.1, 0.15) is 24.0 Å². The predicted octanol–water partition coefficient (Wildman–Crippen LogP) is 5.34. The Morgan fingerprint density at radius 1 is 0.971 bits per heavy atom. The highest BCUT2D eigenvalue weighted by molar-refractivity contribution is 5.86. The average Bonchev–Trinajstić information content (AvgIpc) is 2.87. The normalized spacial score (nSPS) is 15.7. The molecule has 0 unspecified atom stereocenters. The van der Waals surface area contributed by atoms with E-state index in [1.807, 2.05) is 48.2 Å². The number of methoxy groups -OCH3 is 1. The molecule has 4 rings (SSSR count). The summed E-state index contributed by atoms with van der Waals surface area (Å²) in [6, 6.07) is 17.1. The second kappa shape index (κ2) is 10.6. The monoisotopic (exact) mass is 486 g/mol. The quantitative estimate of drug-likeness (QED) is 0.422. The third-order valence-electron chi connectivity index (χ3n) is 6.49. The predicted molar refractivity (Wildman–Crippen MR) is 130 cm³/mol. The smallest absolute Gasteiger partial charge is 0.416 e. The van der Waals surface area contributed by atoms with Gasteiger partial charge in [0.05, 0.1) is 18.6 Å². The van der Waals surface area contributed by atoms with E-state index >= 15 is 0 Å². The fourth-order valence-electron chi connectivity index (χ4n) is 4.28. The Balaban J connectivity index is 1.25. The van der Waals surface area contributed by atoms with Gasteiger partial charge < -0.3 is 14.4 Å². The van der Waals surface area contributed by atoms with Crippen molar-refractivity contribution in [1.82, 2.24) is 4.90 Å². The van der Waals surface area contributed by atoms with E-state index in [-0.39, 0.29) is 18.5 Å². The number of piperazine rings is 1. The average molecular weight is 487 g/mol. The standard InChI is InChI=1S/C27H29F3N2O3/c1-19(20-6-7-22-17-25(34-2)9-8-21(22)16-20)26(33)35-15-14-31-10-12-32(13-11-31)24-5-3-4-23(18-24)27(28,29)30/h3-9,16-19H,10-15H2,1-2H3/t19-/m0/s1. The van der Waals surface area contributed by atoms with Crippen molar-refractivity contribution in [2.45, 2.75) is 19.0 Å². The number of esters is 1. The molecule has 3 aromatic rings. The fraction of sp³-hybridized carbons (Fsp3) is 0.370. The molecule has 1 aliphatic heterocycles. The molecule has 35 heavy (non-hydrogen) atoms. The lowest BCUT2D eigenvalue weighted by Gasteiger charge is -2.36. The summed E-state index contributed by atoms with van der Waals surface area (Å²) in [7, 11) is 1.63. The molecular weight excluding hydrogens is 457 g/mol. The third kappa shape index (κ3) is 6.06. The number of fused-ring (bicyclic) bond motifs is 1. The molecule has 0 radical (unpaired) electrons. The Bertz CT molecular complexity index is 1170. The number of nitrogens with zero attached hydrogens (tertiary/aromatic N) is 2. The molecule has 3 aromatic carbocycles.